The van der Waals surface area contributed by atoms with Gasteiger partial charge in [-0.25, -0.2) is 0 Å². The minimum Gasteiger partial charge on any atom is -0.343 e. The van der Waals surface area contributed by atoms with Crippen LogP contribution in [0.1, 0.15) is 37.0 Å². The van der Waals surface area contributed by atoms with E-state index in [0.717, 1.165) is 23.1 Å². The molecular weight excluding hydrogens is 352 g/mol. The quantitative estimate of drug-likeness (QED) is 0.555. The Balaban J connectivity index is 0.00000196. The maximum absolute atomic E-state index is 5.42. The van der Waals surface area contributed by atoms with Gasteiger partial charge in [-0.3, -0.25) is 0 Å². The monoisotopic (exact) mass is 368 g/mol. The SMILES string of the molecule is C#Cc1cc(C(C)(C)C[CH2-])[c-]cc1C.[W+2]. The zero-order chi connectivity index (χ0) is 10.8. The molecule has 0 aliphatic heterocycles. The molecule has 0 aliphatic carbocycles. The minimum absolute atomic E-state index is 0. The van der Waals surface area contributed by atoms with E-state index in [4.69, 9.17) is 6.42 Å². The molecule has 0 saturated carbocycles. The third-order valence-electron chi connectivity index (χ3n) is 2.67. The molecule has 78 valence electrons. The summed E-state index contributed by atoms with van der Waals surface area (Å²) in [7, 11) is 0. The normalized spacial score (nSPS) is 10.3. The van der Waals surface area contributed by atoms with Gasteiger partial charge in [0.2, 0.25) is 0 Å². The number of rotatable bonds is 2. The van der Waals surface area contributed by atoms with E-state index in [1.165, 1.54) is 0 Å². The van der Waals surface area contributed by atoms with Crippen molar-refractivity contribution < 1.29 is 21.1 Å². The van der Waals surface area contributed by atoms with Gasteiger partial charge in [0, 0.05) is 0 Å². The van der Waals surface area contributed by atoms with E-state index in [0.29, 0.717) is 0 Å². The first kappa shape index (κ1) is 14.5. The Bertz CT molecular complexity index is 369. The average molecular weight is 368 g/mol. The summed E-state index contributed by atoms with van der Waals surface area (Å²) in [5.74, 6) is 2.69. The predicted octanol–water partition coefficient (Wildman–Crippen LogP) is 3.28. The van der Waals surface area contributed by atoms with Crippen molar-refractivity contribution in [1.29, 1.82) is 0 Å². The number of terminal acetylenes is 1. The van der Waals surface area contributed by atoms with Crippen molar-refractivity contribution in [2.24, 2.45) is 0 Å². The fourth-order valence-corrected chi connectivity index (χ4v) is 1.24. The van der Waals surface area contributed by atoms with Crippen LogP contribution in [0.4, 0.5) is 0 Å². The molecule has 0 radical (unpaired) electrons. The van der Waals surface area contributed by atoms with E-state index in [-0.39, 0.29) is 26.5 Å². The van der Waals surface area contributed by atoms with E-state index in [2.05, 4.69) is 32.8 Å². The number of hydrogen-bond donors (Lipinski definition) is 0. The van der Waals surface area contributed by atoms with E-state index >= 15 is 0 Å². The molecule has 0 heterocycles. The van der Waals surface area contributed by atoms with Crippen LogP contribution < -0.4 is 0 Å². The van der Waals surface area contributed by atoms with Crippen LogP contribution in [0.2, 0.25) is 0 Å². The Morgan fingerprint density at radius 1 is 1.53 bits per heavy atom. The second-order valence-electron chi connectivity index (χ2n) is 4.22. The van der Waals surface area contributed by atoms with Crippen LogP contribution in [0.5, 0.6) is 0 Å². The Kier molecular flexibility index (Phi) is 5.33. The molecule has 0 fully saturated rings. The molecular formula is C14H16W. The van der Waals surface area contributed by atoms with Crippen molar-refractivity contribution in [2.45, 2.75) is 32.6 Å². The Hall–Kier alpha value is -0.532. The van der Waals surface area contributed by atoms with Crippen molar-refractivity contribution in [1.82, 2.24) is 0 Å². The molecule has 0 nitrogen and oxygen atoms in total. The van der Waals surface area contributed by atoms with Gasteiger partial charge in [0.1, 0.15) is 0 Å². The fourth-order valence-electron chi connectivity index (χ4n) is 1.24. The second kappa shape index (κ2) is 5.52. The molecule has 1 heteroatoms. The number of hydrogen-bond acceptors (Lipinski definition) is 0. The summed E-state index contributed by atoms with van der Waals surface area (Å²) in [6, 6.07) is 7.27. The van der Waals surface area contributed by atoms with E-state index in [9.17, 15) is 0 Å². The first-order valence-corrected chi connectivity index (χ1v) is 4.80. The molecule has 0 saturated heterocycles. The average Bonchev–Trinajstić information content (AvgIpc) is 2.18. The van der Waals surface area contributed by atoms with Gasteiger partial charge in [0.15, 0.2) is 0 Å². The van der Waals surface area contributed by atoms with Crippen molar-refractivity contribution in [3.05, 3.63) is 41.8 Å². The molecule has 0 aromatic heterocycles. The Morgan fingerprint density at radius 3 is 2.60 bits per heavy atom. The summed E-state index contributed by atoms with van der Waals surface area (Å²) in [6.45, 7) is 10.3. The zero-order valence-corrected chi connectivity index (χ0v) is 12.5. The van der Waals surface area contributed by atoms with Gasteiger partial charge in [-0.1, -0.05) is 37.7 Å². The van der Waals surface area contributed by atoms with Gasteiger partial charge in [-0.2, -0.15) is 30.2 Å². The van der Waals surface area contributed by atoms with Gasteiger partial charge in [0.05, 0.1) is 0 Å². The van der Waals surface area contributed by atoms with Gasteiger partial charge in [-0.05, 0) is 0 Å². The van der Waals surface area contributed by atoms with E-state index < -0.39 is 0 Å². The van der Waals surface area contributed by atoms with Gasteiger partial charge in [-0.15, -0.1) is 12.0 Å². The molecule has 0 bridgehead atoms. The minimum atomic E-state index is 0. The topological polar surface area (TPSA) is 0 Å². The maximum atomic E-state index is 5.42. The molecule has 0 amide bonds. The fraction of sp³-hybridized carbons (Fsp3) is 0.357. The molecule has 1 rings (SSSR count). The number of aryl methyl sites for hydroxylation is 1. The summed E-state index contributed by atoms with van der Waals surface area (Å²) in [6.07, 6.45) is 6.27. The molecule has 0 atom stereocenters. The molecule has 0 unspecified atom stereocenters. The van der Waals surface area contributed by atoms with Crippen LogP contribution in [0.25, 0.3) is 0 Å². The summed E-state index contributed by atoms with van der Waals surface area (Å²) < 4.78 is 0. The largest absolute Gasteiger partial charge is 2.00 e. The smallest absolute Gasteiger partial charge is 0.343 e. The third-order valence-corrected chi connectivity index (χ3v) is 2.67. The summed E-state index contributed by atoms with van der Waals surface area (Å²) in [5.41, 5.74) is 3.27. The van der Waals surface area contributed by atoms with Crippen LogP contribution in [0, 0.1) is 32.3 Å². The van der Waals surface area contributed by atoms with Crippen LogP contribution in [-0.4, -0.2) is 0 Å². The Morgan fingerprint density at radius 2 is 2.13 bits per heavy atom. The van der Waals surface area contributed by atoms with Crippen LogP contribution in [0.3, 0.4) is 0 Å². The van der Waals surface area contributed by atoms with Crippen molar-refractivity contribution in [3.8, 4) is 12.3 Å². The van der Waals surface area contributed by atoms with Crippen LogP contribution >= 0.6 is 0 Å². The molecule has 0 spiro atoms. The predicted molar refractivity (Wildman–Crippen MR) is 61.0 cm³/mol. The van der Waals surface area contributed by atoms with Gasteiger partial charge < -0.3 is 6.92 Å². The van der Waals surface area contributed by atoms with Crippen LogP contribution in [-0.2, 0) is 26.5 Å². The Labute approximate surface area is 108 Å². The van der Waals surface area contributed by atoms with Gasteiger partial charge in [0.25, 0.3) is 0 Å². The summed E-state index contributed by atoms with van der Waals surface area (Å²) >= 11 is 0. The van der Waals surface area contributed by atoms with E-state index in [1.807, 2.05) is 19.1 Å². The summed E-state index contributed by atoms with van der Waals surface area (Å²) in [5, 5.41) is 0. The second-order valence-corrected chi connectivity index (χ2v) is 4.22. The summed E-state index contributed by atoms with van der Waals surface area (Å²) in [4.78, 5) is 0. The van der Waals surface area contributed by atoms with E-state index in [1.54, 1.807) is 0 Å². The first-order valence-electron chi connectivity index (χ1n) is 4.80. The van der Waals surface area contributed by atoms with Crippen molar-refractivity contribution in [3.63, 3.8) is 0 Å². The van der Waals surface area contributed by atoms with Gasteiger partial charge >= 0.3 is 21.1 Å². The molecule has 0 aliphatic rings. The standard InChI is InChI=1S/C14H16.W/c1-6-12-10-13(9-8-11(12)3)14(4,5)7-2;/h1,8,10H,2,7H2,3-5H3;/q-2;+2. The molecule has 0 N–H and O–H groups in total. The van der Waals surface area contributed by atoms with Crippen molar-refractivity contribution in [2.75, 3.05) is 0 Å². The molecule has 1 aromatic carbocycles. The van der Waals surface area contributed by atoms with Crippen LogP contribution in [0.15, 0.2) is 12.1 Å². The zero-order valence-electron chi connectivity index (χ0n) is 9.55. The first-order chi connectivity index (χ1) is 6.51. The third kappa shape index (κ3) is 3.22. The van der Waals surface area contributed by atoms with Crippen molar-refractivity contribution >= 4 is 0 Å². The molecule has 1 aromatic rings. The molecule has 15 heavy (non-hydrogen) atoms. The maximum Gasteiger partial charge on any atom is 2.00 e. The number of benzene rings is 1.